The van der Waals surface area contributed by atoms with Crippen LogP contribution in [0, 0.1) is 0 Å². The van der Waals surface area contributed by atoms with Gasteiger partial charge in [0.2, 0.25) is 0 Å². The van der Waals surface area contributed by atoms with E-state index in [1.165, 1.54) is 0 Å². The maximum atomic E-state index is 13.2. The third-order valence-corrected chi connectivity index (χ3v) is 6.48. The van der Waals surface area contributed by atoms with Crippen LogP contribution in [0.4, 0.5) is 4.79 Å². The highest BCUT2D eigenvalue weighted by molar-refractivity contribution is 6.30. The number of nitrogens with one attached hydrogen (secondary N) is 2. The van der Waals surface area contributed by atoms with Crippen molar-refractivity contribution in [2.75, 3.05) is 26.2 Å². The zero-order chi connectivity index (χ0) is 23.9. The minimum atomic E-state index is -0.134. The Hall–Kier alpha value is -2.97. The maximum absolute atomic E-state index is 13.2. The van der Waals surface area contributed by atoms with E-state index in [0.29, 0.717) is 36.5 Å². The van der Waals surface area contributed by atoms with Gasteiger partial charge in [0.1, 0.15) is 0 Å². The van der Waals surface area contributed by atoms with Gasteiger partial charge >= 0.3 is 6.03 Å². The quantitative estimate of drug-likeness (QED) is 0.488. The molecular weight excluding hydrogens is 452 g/mol. The molecule has 2 amide bonds. The highest BCUT2D eigenvalue weighted by atomic mass is 35.5. The molecule has 180 valence electrons. The molecule has 1 fully saturated rings. The summed E-state index contributed by atoms with van der Waals surface area (Å²) in [5.74, 6) is 0. The number of carbonyl (C=O) groups excluding carboxylic acids is 1. The summed E-state index contributed by atoms with van der Waals surface area (Å²) in [6, 6.07) is 9.51. The summed E-state index contributed by atoms with van der Waals surface area (Å²) in [5.41, 5.74) is 1.80. The number of likely N-dealkylation sites (tertiary alicyclic amines) is 1. The Morgan fingerprint density at radius 2 is 1.94 bits per heavy atom. The Bertz CT molecular complexity index is 1180. The van der Waals surface area contributed by atoms with Crippen molar-refractivity contribution in [3.8, 4) is 0 Å². The van der Waals surface area contributed by atoms with Gasteiger partial charge in [-0.1, -0.05) is 30.7 Å². The van der Waals surface area contributed by atoms with E-state index in [-0.39, 0.29) is 17.6 Å². The molecular formula is C25H31ClN6O2. The summed E-state index contributed by atoms with van der Waals surface area (Å²) in [7, 11) is 0. The number of hydrogen-bond acceptors (Lipinski definition) is 5. The molecule has 1 aliphatic rings. The molecule has 4 rings (SSSR count). The lowest BCUT2D eigenvalue weighted by atomic mass is 10.1. The highest BCUT2D eigenvalue weighted by Gasteiger charge is 2.26. The van der Waals surface area contributed by atoms with Crippen molar-refractivity contribution < 1.29 is 4.79 Å². The first-order valence-electron chi connectivity index (χ1n) is 11.9. The largest absolute Gasteiger partial charge is 0.338 e. The molecule has 0 bridgehead atoms. The van der Waals surface area contributed by atoms with Gasteiger partial charge in [-0.15, -0.1) is 0 Å². The van der Waals surface area contributed by atoms with Crippen LogP contribution in [0.2, 0.25) is 5.02 Å². The van der Waals surface area contributed by atoms with Gasteiger partial charge in [-0.05, 0) is 49.6 Å². The van der Waals surface area contributed by atoms with Crippen LogP contribution >= 0.6 is 11.6 Å². The first kappa shape index (κ1) is 24.2. The van der Waals surface area contributed by atoms with Crippen LogP contribution in [0.5, 0.6) is 0 Å². The highest BCUT2D eigenvalue weighted by Crippen LogP contribution is 2.20. The molecule has 0 unspecified atom stereocenters. The molecule has 1 atom stereocenters. The fraction of sp³-hybridized carbons (Fsp3) is 0.440. The van der Waals surface area contributed by atoms with Crippen molar-refractivity contribution in [2.24, 2.45) is 0 Å². The van der Waals surface area contributed by atoms with Gasteiger partial charge in [-0.3, -0.25) is 14.7 Å². The molecule has 34 heavy (non-hydrogen) atoms. The van der Waals surface area contributed by atoms with E-state index >= 15 is 0 Å². The van der Waals surface area contributed by atoms with Gasteiger partial charge < -0.3 is 10.6 Å². The topological polar surface area (TPSA) is 92.2 Å². The number of halogens is 1. The molecule has 1 aliphatic heterocycles. The number of urea groups is 1. The average molecular weight is 483 g/mol. The fourth-order valence-corrected chi connectivity index (χ4v) is 4.58. The zero-order valence-electron chi connectivity index (χ0n) is 19.5. The second-order valence-corrected chi connectivity index (χ2v) is 9.11. The standard InChI is InChI=1S/C25H31ClN6O2/c1-2-10-28-25(34)29-12-14-31-13-3-4-20(31)17-32-24(33)21-9-11-27-16-22(21)23(30-32)15-18-5-7-19(26)8-6-18/h5-9,11,16,20H,2-4,10,12-15,17H2,1H3,(H2,28,29,34)/t20-/m1/s1. The van der Waals surface area contributed by atoms with Crippen LogP contribution < -0.4 is 16.2 Å². The number of fused-ring (bicyclic) bond motifs is 1. The molecule has 0 saturated carbocycles. The molecule has 0 radical (unpaired) electrons. The molecule has 8 nitrogen and oxygen atoms in total. The van der Waals surface area contributed by atoms with E-state index in [4.69, 9.17) is 16.7 Å². The van der Waals surface area contributed by atoms with E-state index in [0.717, 1.165) is 49.0 Å². The second kappa shape index (κ2) is 11.4. The minimum absolute atomic E-state index is 0.0961. The first-order valence-corrected chi connectivity index (χ1v) is 12.3. The lowest BCUT2D eigenvalue weighted by molar-refractivity contribution is 0.218. The van der Waals surface area contributed by atoms with Gasteiger partial charge in [0.05, 0.1) is 17.6 Å². The van der Waals surface area contributed by atoms with Gasteiger partial charge in [-0.2, -0.15) is 5.10 Å². The van der Waals surface area contributed by atoms with Crippen molar-refractivity contribution in [2.45, 2.75) is 45.2 Å². The molecule has 2 N–H and O–H groups in total. The van der Waals surface area contributed by atoms with Gasteiger partial charge in [-0.25, -0.2) is 9.48 Å². The molecule has 0 aliphatic carbocycles. The Balaban J connectivity index is 1.50. The predicted molar refractivity (Wildman–Crippen MR) is 134 cm³/mol. The molecule has 2 aromatic heterocycles. The van der Waals surface area contributed by atoms with Crippen molar-refractivity contribution in [3.63, 3.8) is 0 Å². The van der Waals surface area contributed by atoms with Crippen molar-refractivity contribution >= 4 is 28.4 Å². The third kappa shape index (κ3) is 5.93. The molecule has 9 heteroatoms. The van der Waals surface area contributed by atoms with E-state index in [2.05, 4.69) is 20.5 Å². The van der Waals surface area contributed by atoms with Crippen LogP contribution in [0.15, 0.2) is 47.5 Å². The van der Waals surface area contributed by atoms with Crippen LogP contribution in [0.25, 0.3) is 10.8 Å². The minimum Gasteiger partial charge on any atom is -0.338 e. The summed E-state index contributed by atoms with van der Waals surface area (Å²) >= 11 is 6.04. The second-order valence-electron chi connectivity index (χ2n) is 8.67. The number of carbonyl (C=O) groups is 1. The van der Waals surface area contributed by atoms with E-state index < -0.39 is 0 Å². The van der Waals surface area contributed by atoms with E-state index in [1.54, 1.807) is 23.1 Å². The zero-order valence-corrected chi connectivity index (χ0v) is 20.2. The van der Waals surface area contributed by atoms with Gasteiger partial charge in [0.15, 0.2) is 0 Å². The Morgan fingerprint density at radius 3 is 2.74 bits per heavy atom. The Morgan fingerprint density at radius 1 is 1.15 bits per heavy atom. The van der Waals surface area contributed by atoms with Gasteiger partial charge in [0.25, 0.3) is 5.56 Å². The van der Waals surface area contributed by atoms with Crippen LogP contribution in [-0.2, 0) is 13.0 Å². The molecule has 0 spiro atoms. The molecule has 1 aromatic carbocycles. The summed E-state index contributed by atoms with van der Waals surface area (Å²) in [5, 5.41) is 12.6. The number of pyridine rings is 1. The first-order chi connectivity index (χ1) is 16.5. The number of aromatic nitrogens is 3. The SMILES string of the molecule is CCCNC(=O)NCCN1CCC[C@@H]1Cn1nc(Cc2ccc(Cl)cc2)c2cnccc2c1=O. The van der Waals surface area contributed by atoms with Crippen LogP contribution in [0.1, 0.15) is 37.4 Å². The smallest absolute Gasteiger partial charge is 0.314 e. The lowest BCUT2D eigenvalue weighted by Gasteiger charge is -2.25. The van der Waals surface area contributed by atoms with Crippen molar-refractivity contribution in [1.29, 1.82) is 0 Å². The monoisotopic (exact) mass is 482 g/mol. The van der Waals surface area contributed by atoms with E-state index in [1.807, 2.05) is 31.2 Å². The van der Waals surface area contributed by atoms with E-state index in [9.17, 15) is 9.59 Å². The van der Waals surface area contributed by atoms with Gasteiger partial charge in [0, 0.05) is 54.9 Å². The maximum Gasteiger partial charge on any atom is 0.314 e. The number of hydrogen-bond donors (Lipinski definition) is 2. The average Bonchev–Trinajstić information content (AvgIpc) is 3.29. The normalized spacial score (nSPS) is 16.1. The van der Waals surface area contributed by atoms with Crippen LogP contribution in [0.3, 0.4) is 0 Å². The summed E-state index contributed by atoms with van der Waals surface area (Å²) in [6.45, 7) is 5.48. The number of amides is 2. The van der Waals surface area contributed by atoms with Crippen LogP contribution in [-0.4, -0.2) is 57.9 Å². The Kier molecular flexibility index (Phi) is 8.13. The summed E-state index contributed by atoms with van der Waals surface area (Å²) in [4.78, 5) is 31.6. The lowest BCUT2D eigenvalue weighted by Crippen LogP contribution is -2.43. The molecule has 3 aromatic rings. The summed E-state index contributed by atoms with van der Waals surface area (Å²) < 4.78 is 1.61. The Labute approximate surface area is 204 Å². The summed E-state index contributed by atoms with van der Waals surface area (Å²) in [6.07, 6.45) is 6.93. The number of nitrogens with zero attached hydrogens (tertiary/aromatic N) is 4. The van der Waals surface area contributed by atoms with Crippen molar-refractivity contribution in [1.82, 2.24) is 30.3 Å². The molecule has 3 heterocycles. The predicted octanol–water partition coefficient (Wildman–Crippen LogP) is 3.21. The number of benzene rings is 1. The fourth-order valence-electron chi connectivity index (χ4n) is 4.45. The molecule has 1 saturated heterocycles. The third-order valence-electron chi connectivity index (χ3n) is 6.23. The van der Waals surface area contributed by atoms with Crippen molar-refractivity contribution in [3.05, 3.63) is 69.4 Å². The number of rotatable bonds is 9.